The smallest absolute Gasteiger partial charge is 0.361 e. The molecule has 9 heteroatoms. The van der Waals surface area contributed by atoms with Crippen LogP contribution in [0.5, 0.6) is 0 Å². The number of carbonyl (C=O) groups excluding carboxylic acids is 2. The Morgan fingerprint density at radius 2 is 0.613 bits per heavy atom. The highest BCUT2D eigenvalue weighted by Crippen LogP contribution is 2.16. The molecule has 0 aromatic heterocycles. The Hall–Kier alpha value is -5.35. The molecule has 0 aromatic carbocycles. The monoisotopic (exact) mass is 1290 g/mol. The number of esters is 2. The van der Waals surface area contributed by atoms with E-state index in [1.165, 1.54) is 122 Å². The summed E-state index contributed by atoms with van der Waals surface area (Å²) in [4.78, 5) is 37.7. The number of allylic oxidation sites excluding steroid dienone is 28. The summed E-state index contributed by atoms with van der Waals surface area (Å²) in [5, 5.41) is 9.76. The highest BCUT2D eigenvalue weighted by atomic mass is 16.7. The van der Waals surface area contributed by atoms with Gasteiger partial charge < -0.3 is 28.5 Å². The number of unbranched alkanes of at least 4 members (excludes halogenated alkanes) is 24. The summed E-state index contributed by atoms with van der Waals surface area (Å²) in [6.45, 7) is 4.72. The number of aliphatic carboxylic acids is 1. The van der Waals surface area contributed by atoms with Crippen molar-refractivity contribution >= 4 is 17.9 Å². The molecule has 0 radical (unpaired) electrons. The molecular weight excluding hydrogens is 1150 g/mol. The second-order valence-corrected chi connectivity index (χ2v) is 25.5. The third kappa shape index (κ3) is 73.9. The number of likely N-dealkylation sites (N-methyl/N-ethyl adjacent to an activating group) is 1. The van der Waals surface area contributed by atoms with Crippen LogP contribution in [0.2, 0.25) is 0 Å². The van der Waals surface area contributed by atoms with Crippen molar-refractivity contribution < 1.29 is 42.9 Å². The van der Waals surface area contributed by atoms with E-state index in [1.54, 1.807) is 0 Å². The lowest BCUT2D eigenvalue weighted by atomic mass is 10.0. The van der Waals surface area contributed by atoms with Crippen molar-refractivity contribution in [2.24, 2.45) is 0 Å². The van der Waals surface area contributed by atoms with E-state index in [9.17, 15) is 19.5 Å². The topological polar surface area (TPSA) is 108 Å². The van der Waals surface area contributed by atoms with Crippen molar-refractivity contribution in [2.75, 3.05) is 47.5 Å². The molecule has 526 valence electrons. The first kappa shape index (κ1) is 87.7. The quantitative estimate of drug-likeness (QED) is 0.0211. The van der Waals surface area contributed by atoms with E-state index in [0.717, 1.165) is 128 Å². The van der Waals surface area contributed by atoms with E-state index in [-0.39, 0.29) is 38.6 Å². The van der Waals surface area contributed by atoms with Crippen LogP contribution in [0.3, 0.4) is 0 Å². The van der Waals surface area contributed by atoms with E-state index in [4.69, 9.17) is 18.9 Å². The van der Waals surface area contributed by atoms with Gasteiger partial charge in [0.15, 0.2) is 6.10 Å². The van der Waals surface area contributed by atoms with Gasteiger partial charge in [-0.05, 0) is 135 Å². The number of carboxylic acid groups (broad SMARTS) is 1. The zero-order valence-corrected chi connectivity index (χ0v) is 60.1. The number of hydrogen-bond donors (Lipinski definition) is 1. The first-order chi connectivity index (χ1) is 45.6. The average molecular weight is 1290 g/mol. The maximum absolute atomic E-state index is 13.0. The Kier molecular flexibility index (Phi) is 68.3. The lowest BCUT2D eigenvalue weighted by molar-refractivity contribution is -0.870. The fourth-order valence-electron chi connectivity index (χ4n) is 9.79. The number of ether oxygens (including phenoxy) is 4. The van der Waals surface area contributed by atoms with E-state index in [2.05, 4.69) is 184 Å². The Bertz CT molecular complexity index is 2140. The molecule has 0 spiro atoms. The third-order valence-corrected chi connectivity index (χ3v) is 15.5. The highest BCUT2D eigenvalue weighted by Gasteiger charge is 2.25. The van der Waals surface area contributed by atoms with Gasteiger partial charge in [0.05, 0.1) is 34.4 Å². The molecule has 0 aliphatic rings. The van der Waals surface area contributed by atoms with Crippen molar-refractivity contribution in [3.05, 3.63) is 170 Å². The minimum absolute atomic E-state index is 0.174. The van der Waals surface area contributed by atoms with Crippen molar-refractivity contribution in [2.45, 2.75) is 296 Å². The van der Waals surface area contributed by atoms with Crippen LogP contribution in [0.25, 0.3) is 0 Å². The maximum atomic E-state index is 13.0. The lowest BCUT2D eigenvalue weighted by Crippen LogP contribution is -2.40. The summed E-state index contributed by atoms with van der Waals surface area (Å²) in [6.07, 6.45) is 106. The molecule has 0 amide bonds. The maximum Gasteiger partial charge on any atom is 0.361 e. The molecular formula is C84H138NO8+. The first-order valence-corrected chi connectivity index (χ1v) is 37.3. The van der Waals surface area contributed by atoms with Gasteiger partial charge in [-0.25, -0.2) is 4.79 Å². The van der Waals surface area contributed by atoms with Crippen LogP contribution in [-0.2, 0) is 33.3 Å². The third-order valence-electron chi connectivity index (χ3n) is 15.5. The standard InChI is InChI=1S/C84H137NO8/c1-6-8-10-12-14-16-18-20-22-24-26-28-30-32-34-35-36-37-38-39-40-41-42-43-44-45-46-47-49-51-53-55-57-59-61-63-65-67-69-71-73-75-82(87)93-80(79-92-84(83(88)89)90-77-76-85(3,4)5)78-91-81(86)74-72-70-68-66-64-62-60-58-56-54-52-50-48-33-31-29-27-25-23-21-19-17-15-13-11-9-7-2/h8,10,14,16,19-22,25-28,32,34,36-37,39-40,42-43,45-46,49,51,55,57,61,63,80,84H,6-7,9,11-13,15,17-18,23-24,29-31,33,35,38,41,44,47-48,50,52-54,56,58-60,62,64-79H2,1-5H3/p+1/b10-8-,16-14-,21-19-,22-20-,27-25-,28-26-,34-32-,37-36-,40-39-,43-42-,46-45-,51-49-,57-55-,63-61-. The predicted octanol–water partition coefficient (Wildman–Crippen LogP) is 23.8. The van der Waals surface area contributed by atoms with Gasteiger partial charge in [0, 0.05) is 12.8 Å². The second-order valence-electron chi connectivity index (χ2n) is 25.5. The molecule has 1 N–H and O–H groups in total. The van der Waals surface area contributed by atoms with Crippen LogP contribution in [0.15, 0.2) is 170 Å². The van der Waals surface area contributed by atoms with E-state index in [1.807, 2.05) is 21.1 Å². The van der Waals surface area contributed by atoms with Crippen molar-refractivity contribution in [3.63, 3.8) is 0 Å². The van der Waals surface area contributed by atoms with Crippen LogP contribution < -0.4 is 0 Å². The Morgan fingerprint density at radius 3 is 0.914 bits per heavy atom. The second kappa shape index (κ2) is 72.5. The molecule has 0 aliphatic carbocycles. The van der Waals surface area contributed by atoms with Gasteiger partial charge in [-0.2, -0.15) is 0 Å². The Labute approximate surface area is 571 Å². The number of rotatable bonds is 67. The lowest BCUT2D eigenvalue weighted by Gasteiger charge is -2.25. The van der Waals surface area contributed by atoms with Crippen LogP contribution in [0, 0.1) is 0 Å². The zero-order chi connectivity index (χ0) is 67.5. The number of quaternary nitrogens is 1. The molecule has 0 rings (SSSR count). The van der Waals surface area contributed by atoms with Crippen molar-refractivity contribution in [3.8, 4) is 0 Å². The van der Waals surface area contributed by atoms with Crippen molar-refractivity contribution in [1.29, 1.82) is 0 Å². The molecule has 2 atom stereocenters. The summed E-state index contributed by atoms with van der Waals surface area (Å²) in [7, 11) is 5.96. The minimum Gasteiger partial charge on any atom is -0.477 e. The molecule has 9 nitrogen and oxygen atoms in total. The molecule has 0 aromatic rings. The van der Waals surface area contributed by atoms with Gasteiger partial charge in [0.25, 0.3) is 6.29 Å². The number of carboxylic acids is 1. The summed E-state index contributed by atoms with van der Waals surface area (Å²) in [5.41, 5.74) is 0. The Balaban J connectivity index is 4.21. The van der Waals surface area contributed by atoms with Crippen LogP contribution in [-0.4, -0.2) is 87.4 Å². The Morgan fingerprint density at radius 1 is 0.333 bits per heavy atom. The fraction of sp³-hybridized carbons (Fsp3) is 0.631. The van der Waals surface area contributed by atoms with Gasteiger partial charge in [0.1, 0.15) is 13.2 Å². The van der Waals surface area contributed by atoms with Gasteiger partial charge in [-0.1, -0.05) is 306 Å². The molecule has 0 heterocycles. The minimum atomic E-state index is -1.53. The summed E-state index contributed by atoms with van der Waals surface area (Å²) >= 11 is 0. The summed E-state index contributed by atoms with van der Waals surface area (Å²) < 4.78 is 23.0. The normalized spacial score (nSPS) is 13.7. The van der Waals surface area contributed by atoms with E-state index < -0.39 is 24.3 Å². The molecule has 0 aliphatic heterocycles. The molecule has 93 heavy (non-hydrogen) atoms. The fourth-order valence-corrected chi connectivity index (χ4v) is 9.79. The zero-order valence-electron chi connectivity index (χ0n) is 60.1. The largest absolute Gasteiger partial charge is 0.477 e. The van der Waals surface area contributed by atoms with Crippen LogP contribution in [0.4, 0.5) is 0 Å². The van der Waals surface area contributed by atoms with Crippen LogP contribution >= 0.6 is 0 Å². The molecule has 0 saturated carbocycles. The van der Waals surface area contributed by atoms with Gasteiger partial charge in [-0.3, -0.25) is 9.59 Å². The van der Waals surface area contributed by atoms with E-state index >= 15 is 0 Å². The van der Waals surface area contributed by atoms with Crippen molar-refractivity contribution in [1.82, 2.24) is 0 Å². The molecule has 2 unspecified atom stereocenters. The van der Waals surface area contributed by atoms with E-state index in [0.29, 0.717) is 17.4 Å². The molecule has 0 saturated heterocycles. The SMILES string of the molecule is CC/C=C\C/C=C\C/C=C\C/C=C\C/C=C\C/C=C\C/C=C\C/C=C\C/C=C\C/C=C\C/C=C\C/C=C\CCCCCCC(=O)OC(COC(=O)CCCCCCCCCCCCCCCCC/C=C\C/C=C\CCCCCCC)COC(OCC[N+](C)(C)C)C(=O)O. The summed E-state index contributed by atoms with van der Waals surface area (Å²) in [5.74, 6) is -2.05. The van der Waals surface area contributed by atoms with Crippen LogP contribution in [0.1, 0.15) is 284 Å². The van der Waals surface area contributed by atoms with Gasteiger partial charge in [-0.15, -0.1) is 0 Å². The molecule has 0 bridgehead atoms. The summed E-state index contributed by atoms with van der Waals surface area (Å²) in [6, 6.07) is 0. The van der Waals surface area contributed by atoms with Gasteiger partial charge >= 0.3 is 17.9 Å². The first-order valence-electron chi connectivity index (χ1n) is 37.3. The molecule has 0 fully saturated rings. The predicted molar refractivity (Wildman–Crippen MR) is 400 cm³/mol. The van der Waals surface area contributed by atoms with Gasteiger partial charge in [0.2, 0.25) is 0 Å². The number of hydrogen-bond acceptors (Lipinski definition) is 7. The average Bonchev–Trinajstić information content (AvgIpc) is 3.38. The number of nitrogens with zero attached hydrogens (tertiary/aromatic N) is 1. The highest BCUT2D eigenvalue weighted by molar-refractivity contribution is 5.71. The number of carbonyl (C=O) groups is 3.